The van der Waals surface area contributed by atoms with E-state index < -0.39 is 29.1 Å². The van der Waals surface area contributed by atoms with Crippen LogP contribution in [0.2, 0.25) is 0 Å². The third kappa shape index (κ3) is 13.3. The molecule has 0 N–H and O–H groups in total. The first kappa shape index (κ1) is 68.8. The van der Waals surface area contributed by atoms with Gasteiger partial charge in [0.1, 0.15) is 0 Å². The maximum Gasteiger partial charge on any atom is 0.0849 e. The first-order chi connectivity index (χ1) is 28.7. The van der Waals surface area contributed by atoms with Crippen molar-refractivity contribution in [2.45, 2.75) is 278 Å². The lowest BCUT2D eigenvalue weighted by molar-refractivity contribution is -0.479. The Morgan fingerprint density at radius 3 is 0.377 bits per heavy atom. The van der Waals surface area contributed by atoms with Crippen molar-refractivity contribution in [1.82, 2.24) is 0 Å². The smallest absolute Gasteiger partial charge is 0.0849 e. The van der Waals surface area contributed by atoms with E-state index >= 15 is 0 Å². The van der Waals surface area contributed by atoms with E-state index in [4.69, 9.17) is 15.1 Å². The molecule has 0 aliphatic carbocycles. The number of hydrogen-bond donors (Lipinski definition) is 0. The largest absolute Gasteiger partial charge is 0.907 e. The van der Waals surface area contributed by atoms with Crippen molar-refractivity contribution in [1.29, 1.82) is 0 Å². The van der Waals surface area contributed by atoms with Gasteiger partial charge in [-0.05, 0) is 159 Å². The summed E-state index contributed by atoms with van der Waals surface area (Å²) < 4.78 is 0. The third-order valence-electron chi connectivity index (χ3n) is 20.7. The zero-order chi connectivity index (χ0) is 49.0. The van der Waals surface area contributed by atoms with Crippen LogP contribution in [-0.2, 0) is 0 Å². The van der Waals surface area contributed by atoms with E-state index in [0.29, 0.717) is 31.7 Å². The Morgan fingerprint density at radius 1 is 0.230 bits per heavy atom. The molecule has 0 aliphatic rings. The lowest BCUT2D eigenvalue weighted by Crippen LogP contribution is -2.56. The standard InChI is InChI=1S/3C18H40P.BO3/c3*1-9-17(10-2,11-3)18(12-4,13-5)19(14-6,15-7)16-8;2-1(3)4/h3*9-16H2,1-8H3;/q3*+1;-3. The van der Waals surface area contributed by atoms with Crippen LogP contribution >= 0.6 is 21.8 Å². The van der Waals surface area contributed by atoms with E-state index in [-0.39, 0.29) is 0 Å². The Hall–Kier alpha value is 1.23. The summed E-state index contributed by atoms with van der Waals surface area (Å²) in [6.07, 6.45) is 33.7. The van der Waals surface area contributed by atoms with Gasteiger partial charge in [0.25, 0.3) is 0 Å². The molecular weight excluding hydrogens is 800 g/mol. The van der Waals surface area contributed by atoms with Crippen LogP contribution in [0.5, 0.6) is 0 Å². The van der Waals surface area contributed by atoms with Crippen molar-refractivity contribution in [3.8, 4) is 0 Å². The molecule has 0 amide bonds. The topological polar surface area (TPSA) is 69.2 Å². The molecule has 0 rings (SSSR count). The summed E-state index contributed by atoms with van der Waals surface area (Å²) in [5, 5.41) is 27.1. The molecule has 0 saturated carbocycles. The summed E-state index contributed by atoms with van der Waals surface area (Å²) in [7, 11) is -5.47. The number of rotatable bonds is 30. The van der Waals surface area contributed by atoms with E-state index in [1.807, 2.05) is 0 Å². The van der Waals surface area contributed by atoms with E-state index in [9.17, 15) is 0 Å². The average Bonchev–Trinajstić information content (AvgIpc) is 3.30. The molecule has 0 unspecified atom stereocenters. The monoisotopic (exact) mass is 921 g/mol. The van der Waals surface area contributed by atoms with Crippen molar-refractivity contribution in [3.63, 3.8) is 0 Å². The molecule has 0 radical (unpaired) electrons. The zero-order valence-corrected chi connectivity index (χ0v) is 49.8. The summed E-state index contributed by atoms with van der Waals surface area (Å²) in [5.41, 5.74) is 1.73. The highest BCUT2D eigenvalue weighted by Crippen LogP contribution is 2.79. The Bertz CT molecular complexity index is 771. The van der Waals surface area contributed by atoms with Crippen molar-refractivity contribution in [3.05, 3.63) is 0 Å². The van der Waals surface area contributed by atoms with Crippen LogP contribution in [0.25, 0.3) is 0 Å². The van der Waals surface area contributed by atoms with Crippen molar-refractivity contribution < 1.29 is 15.1 Å². The van der Waals surface area contributed by atoms with Gasteiger partial charge in [0.2, 0.25) is 0 Å². The molecule has 0 aromatic heterocycles. The van der Waals surface area contributed by atoms with Gasteiger partial charge < -0.3 is 15.1 Å². The van der Waals surface area contributed by atoms with Crippen LogP contribution in [0.3, 0.4) is 0 Å². The first-order valence-corrected chi connectivity index (χ1v) is 34.3. The molecule has 0 aliphatic heterocycles. The van der Waals surface area contributed by atoms with Crippen LogP contribution < -0.4 is 15.1 Å². The molecule has 61 heavy (non-hydrogen) atoms. The van der Waals surface area contributed by atoms with Gasteiger partial charge >= 0.3 is 0 Å². The lowest BCUT2D eigenvalue weighted by Gasteiger charge is -2.55. The summed E-state index contributed by atoms with van der Waals surface area (Å²) in [6.45, 7) is 59.2. The Kier molecular flexibility index (Phi) is 37.1. The van der Waals surface area contributed by atoms with Crippen LogP contribution in [0, 0.1) is 16.2 Å². The van der Waals surface area contributed by atoms with Crippen molar-refractivity contribution >= 4 is 29.1 Å². The second-order valence-corrected chi connectivity index (χ2v) is 33.9. The second-order valence-electron chi connectivity index (χ2n) is 18.8. The Morgan fingerprint density at radius 2 is 0.328 bits per heavy atom. The maximum absolute atomic E-state index is 8.42. The molecule has 3 nitrogen and oxygen atoms in total. The summed E-state index contributed by atoms with van der Waals surface area (Å²) >= 11 is 0. The van der Waals surface area contributed by atoms with Gasteiger partial charge in [0.15, 0.2) is 0 Å². The van der Waals surface area contributed by atoms with Gasteiger partial charge in [0, 0.05) is 38.0 Å². The highest BCUT2D eigenvalue weighted by Gasteiger charge is 2.64. The molecule has 0 spiro atoms. The summed E-state index contributed by atoms with van der Waals surface area (Å²) in [4.78, 5) is 0. The van der Waals surface area contributed by atoms with Crippen molar-refractivity contribution in [2.24, 2.45) is 16.2 Å². The molecule has 7 heteroatoms. The highest BCUT2D eigenvalue weighted by molar-refractivity contribution is 7.78. The highest BCUT2D eigenvalue weighted by atomic mass is 31.2. The van der Waals surface area contributed by atoms with Crippen molar-refractivity contribution in [2.75, 3.05) is 55.5 Å². The first-order valence-electron chi connectivity index (χ1n) is 27.2. The third-order valence-corrected chi connectivity index (χ3v) is 40.4. The second kappa shape index (κ2) is 32.9. The fraction of sp³-hybridized carbons (Fsp3) is 1.00. The Labute approximate surface area is 392 Å². The van der Waals surface area contributed by atoms with Gasteiger partial charge in [-0.2, -0.15) is 0 Å². The minimum Gasteiger partial charge on any atom is -0.907 e. The van der Waals surface area contributed by atoms with E-state index in [1.54, 1.807) is 0 Å². The molecule has 0 atom stereocenters. The van der Waals surface area contributed by atoms with Gasteiger partial charge in [-0.15, -0.1) is 0 Å². The van der Waals surface area contributed by atoms with E-state index in [0.717, 1.165) is 0 Å². The Balaban J connectivity index is -0.000000381. The van der Waals surface area contributed by atoms with Gasteiger partial charge in [-0.25, -0.2) is 0 Å². The quantitative estimate of drug-likeness (QED) is 0.0532. The van der Waals surface area contributed by atoms with Gasteiger partial charge in [-0.1, -0.05) is 104 Å². The van der Waals surface area contributed by atoms with Gasteiger partial charge in [0.05, 0.1) is 70.9 Å². The van der Waals surface area contributed by atoms with Crippen LogP contribution in [0.1, 0.15) is 262 Å². The molecule has 0 aromatic carbocycles. The maximum atomic E-state index is 8.42. The van der Waals surface area contributed by atoms with Crippen LogP contribution in [0.4, 0.5) is 0 Å². The van der Waals surface area contributed by atoms with Crippen LogP contribution in [0.15, 0.2) is 0 Å². The molecule has 0 aromatic rings. The van der Waals surface area contributed by atoms with Gasteiger partial charge in [-0.3, -0.25) is 7.32 Å². The average molecular weight is 921 g/mol. The molecular formula is C54H120BO3P3. The SMILES string of the molecule is CCC(CC)(CC)C(CC)(CC)[P+](CC)(CC)CC.CCC(CC)(CC)C(CC)(CC)[P+](CC)(CC)CC.CCC(CC)(CC)C(CC)(CC)[P+](CC)(CC)CC.[O-]B([O-])[O-]. The van der Waals surface area contributed by atoms with E-state index in [2.05, 4.69) is 166 Å². The molecule has 372 valence electrons. The molecule has 0 heterocycles. The van der Waals surface area contributed by atoms with Crippen LogP contribution in [-0.4, -0.2) is 78.2 Å². The summed E-state index contributed by atoms with van der Waals surface area (Å²) in [5.74, 6) is 0. The fourth-order valence-electron chi connectivity index (χ4n) is 16.5. The summed E-state index contributed by atoms with van der Waals surface area (Å²) in [6, 6.07) is 0. The normalized spacial score (nSPS) is 13.4. The predicted molar refractivity (Wildman–Crippen MR) is 291 cm³/mol. The zero-order valence-electron chi connectivity index (χ0n) is 47.1. The minimum atomic E-state index is -2.92. The fourth-order valence-corrected chi connectivity index (χ4v) is 34.4. The lowest BCUT2D eigenvalue weighted by atomic mass is 9.66. The number of hydrogen-bond acceptors (Lipinski definition) is 3. The van der Waals surface area contributed by atoms with E-state index in [1.165, 1.54) is 152 Å². The molecule has 0 saturated heterocycles. The predicted octanol–water partition coefficient (Wildman–Crippen LogP) is 16.6. The molecule has 0 bridgehead atoms. The molecule has 0 fully saturated rings. The minimum absolute atomic E-state index is 0.576.